The molecule has 3 nitrogen and oxygen atoms in total. The Hall–Kier alpha value is -1.25. The highest BCUT2D eigenvalue weighted by molar-refractivity contribution is 5.89. The third-order valence-electron chi connectivity index (χ3n) is 1.26. The van der Waals surface area contributed by atoms with Crippen molar-refractivity contribution in [3.63, 3.8) is 0 Å². The molecule has 1 aromatic rings. The summed E-state index contributed by atoms with van der Waals surface area (Å²) >= 11 is 0. The first-order valence-corrected chi connectivity index (χ1v) is 3.66. The molecule has 1 heterocycles. The van der Waals surface area contributed by atoms with Gasteiger partial charge in [-0.2, -0.15) is 0 Å². The number of anilines is 1. The molecule has 0 atom stereocenters. The van der Waals surface area contributed by atoms with E-state index in [0.29, 0.717) is 12.3 Å². The Bertz CT molecular complexity index is 216. The zero-order valence-corrected chi connectivity index (χ0v) is 6.46. The molecule has 1 amide bonds. The zero-order valence-electron chi connectivity index (χ0n) is 6.46. The predicted octanol–water partition coefficient (Wildman–Crippen LogP) is 2.02. The first kappa shape index (κ1) is 7.85. The van der Waals surface area contributed by atoms with Crippen molar-refractivity contribution < 1.29 is 9.21 Å². The van der Waals surface area contributed by atoms with Gasteiger partial charge in [0.15, 0.2) is 5.88 Å². The highest BCUT2D eigenvalue weighted by Crippen LogP contribution is 2.06. The maximum atomic E-state index is 10.9. The molecule has 1 aromatic heterocycles. The molecular weight excluding hydrogens is 142 g/mol. The van der Waals surface area contributed by atoms with Crippen LogP contribution in [0.5, 0.6) is 0 Å². The van der Waals surface area contributed by atoms with Gasteiger partial charge in [-0.05, 0) is 12.5 Å². The molecular formula is C8H11NO2. The lowest BCUT2D eigenvalue weighted by molar-refractivity contribution is -0.116. The Balaban J connectivity index is 2.37. The number of nitrogens with one attached hydrogen (secondary N) is 1. The van der Waals surface area contributed by atoms with E-state index in [1.165, 1.54) is 6.26 Å². The molecule has 0 saturated heterocycles. The summed E-state index contributed by atoms with van der Waals surface area (Å²) in [6, 6.07) is 3.45. The van der Waals surface area contributed by atoms with E-state index < -0.39 is 0 Å². The van der Waals surface area contributed by atoms with Crippen LogP contribution in [0.3, 0.4) is 0 Å². The minimum absolute atomic E-state index is 0.00227. The normalized spacial score (nSPS) is 9.55. The van der Waals surface area contributed by atoms with Crippen molar-refractivity contribution in [2.45, 2.75) is 19.8 Å². The van der Waals surface area contributed by atoms with Gasteiger partial charge in [0.25, 0.3) is 0 Å². The van der Waals surface area contributed by atoms with Gasteiger partial charge in [-0.3, -0.25) is 10.1 Å². The van der Waals surface area contributed by atoms with Gasteiger partial charge in [0, 0.05) is 12.5 Å². The summed E-state index contributed by atoms with van der Waals surface area (Å²) in [6.45, 7) is 1.96. The topological polar surface area (TPSA) is 42.2 Å². The summed E-state index contributed by atoms with van der Waals surface area (Å²) in [6.07, 6.45) is 2.93. The van der Waals surface area contributed by atoms with E-state index in [1.54, 1.807) is 12.1 Å². The van der Waals surface area contributed by atoms with E-state index in [4.69, 9.17) is 4.42 Å². The third-order valence-corrected chi connectivity index (χ3v) is 1.26. The summed E-state index contributed by atoms with van der Waals surface area (Å²) in [5, 5.41) is 2.62. The lowest BCUT2D eigenvalue weighted by Gasteiger charge is -1.97. The van der Waals surface area contributed by atoms with Crippen molar-refractivity contribution in [2.24, 2.45) is 0 Å². The third kappa shape index (κ3) is 2.45. The maximum Gasteiger partial charge on any atom is 0.226 e. The van der Waals surface area contributed by atoms with Crippen molar-refractivity contribution in [1.82, 2.24) is 0 Å². The van der Waals surface area contributed by atoms with Gasteiger partial charge in [-0.1, -0.05) is 6.92 Å². The average molecular weight is 153 g/mol. The first-order valence-electron chi connectivity index (χ1n) is 3.66. The molecule has 0 aliphatic carbocycles. The fourth-order valence-corrected chi connectivity index (χ4v) is 0.777. The van der Waals surface area contributed by atoms with E-state index in [2.05, 4.69) is 5.32 Å². The predicted molar refractivity (Wildman–Crippen MR) is 42.2 cm³/mol. The fourth-order valence-electron chi connectivity index (χ4n) is 0.777. The van der Waals surface area contributed by atoms with Gasteiger partial charge >= 0.3 is 0 Å². The molecule has 0 radical (unpaired) electrons. The summed E-state index contributed by atoms with van der Waals surface area (Å²) in [5.41, 5.74) is 0. The van der Waals surface area contributed by atoms with E-state index in [-0.39, 0.29) is 5.91 Å². The van der Waals surface area contributed by atoms with Crippen molar-refractivity contribution >= 4 is 11.8 Å². The van der Waals surface area contributed by atoms with Gasteiger partial charge in [0.2, 0.25) is 5.91 Å². The lowest BCUT2D eigenvalue weighted by Crippen LogP contribution is -2.09. The van der Waals surface area contributed by atoms with Crippen molar-refractivity contribution in [3.05, 3.63) is 18.4 Å². The highest BCUT2D eigenvalue weighted by Gasteiger charge is 2.00. The summed E-state index contributed by atoms with van der Waals surface area (Å²) < 4.78 is 4.92. The molecule has 60 valence electrons. The second kappa shape index (κ2) is 3.81. The SMILES string of the molecule is CCCC(=O)Nc1ccco1. The number of rotatable bonds is 3. The molecule has 0 unspecified atom stereocenters. The van der Waals surface area contributed by atoms with E-state index in [9.17, 15) is 4.79 Å². The Morgan fingerprint density at radius 2 is 2.55 bits per heavy atom. The molecule has 0 spiro atoms. The Labute approximate surface area is 65.4 Å². The van der Waals surface area contributed by atoms with Gasteiger partial charge in [-0.15, -0.1) is 0 Å². The van der Waals surface area contributed by atoms with Gasteiger partial charge in [0.05, 0.1) is 6.26 Å². The molecule has 0 bridgehead atoms. The van der Waals surface area contributed by atoms with Crippen LogP contribution < -0.4 is 5.32 Å². The molecule has 0 aliphatic heterocycles. The summed E-state index contributed by atoms with van der Waals surface area (Å²) in [4.78, 5) is 10.9. The minimum Gasteiger partial charge on any atom is -0.449 e. The van der Waals surface area contributed by atoms with E-state index >= 15 is 0 Å². The van der Waals surface area contributed by atoms with Crippen LogP contribution in [0.15, 0.2) is 22.8 Å². The van der Waals surface area contributed by atoms with Crippen molar-refractivity contribution in [1.29, 1.82) is 0 Å². The highest BCUT2D eigenvalue weighted by atomic mass is 16.3. The monoisotopic (exact) mass is 153 g/mol. The summed E-state index contributed by atoms with van der Waals surface area (Å²) in [5.74, 6) is 0.519. The van der Waals surface area contributed by atoms with Crippen LogP contribution in [-0.4, -0.2) is 5.91 Å². The standard InChI is InChI=1S/C8H11NO2/c1-2-4-7(10)9-8-5-3-6-11-8/h3,5-6H,2,4H2,1H3,(H,9,10). The molecule has 0 aliphatic rings. The smallest absolute Gasteiger partial charge is 0.226 e. The number of hydrogen-bond acceptors (Lipinski definition) is 2. The van der Waals surface area contributed by atoms with Crippen LogP contribution in [0.2, 0.25) is 0 Å². The Morgan fingerprint density at radius 1 is 1.73 bits per heavy atom. The first-order chi connectivity index (χ1) is 5.33. The van der Waals surface area contributed by atoms with Gasteiger partial charge < -0.3 is 4.42 Å². The van der Waals surface area contributed by atoms with Crippen LogP contribution >= 0.6 is 0 Å². The Kier molecular flexibility index (Phi) is 2.72. The van der Waals surface area contributed by atoms with Crippen molar-refractivity contribution in [3.8, 4) is 0 Å². The summed E-state index contributed by atoms with van der Waals surface area (Å²) in [7, 11) is 0. The number of carbonyl (C=O) groups is 1. The average Bonchev–Trinajstić information content (AvgIpc) is 2.40. The molecule has 0 saturated carbocycles. The number of carbonyl (C=O) groups excluding carboxylic acids is 1. The lowest BCUT2D eigenvalue weighted by atomic mass is 10.3. The molecule has 0 aromatic carbocycles. The Morgan fingerprint density at radius 3 is 3.09 bits per heavy atom. The number of hydrogen-bond donors (Lipinski definition) is 1. The second-order valence-corrected chi connectivity index (χ2v) is 2.28. The van der Waals surface area contributed by atoms with Gasteiger partial charge in [0.1, 0.15) is 0 Å². The van der Waals surface area contributed by atoms with Crippen LogP contribution in [0, 0.1) is 0 Å². The molecule has 1 N–H and O–H groups in total. The van der Waals surface area contributed by atoms with Gasteiger partial charge in [-0.25, -0.2) is 0 Å². The molecule has 1 rings (SSSR count). The van der Waals surface area contributed by atoms with Crippen LogP contribution in [0.4, 0.5) is 5.88 Å². The quantitative estimate of drug-likeness (QED) is 0.721. The van der Waals surface area contributed by atoms with E-state index in [0.717, 1.165) is 6.42 Å². The second-order valence-electron chi connectivity index (χ2n) is 2.28. The number of furan rings is 1. The van der Waals surface area contributed by atoms with Crippen LogP contribution in [0.1, 0.15) is 19.8 Å². The van der Waals surface area contributed by atoms with Crippen molar-refractivity contribution in [2.75, 3.05) is 5.32 Å². The van der Waals surface area contributed by atoms with Crippen LogP contribution in [-0.2, 0) is 4.79 Å². The largest absolute Gasteiger partial charge is 0.449 e. The zero-order chi connectivity index (χ0) is 8.10. The molecule has 11 heavy (non-hydrogen) atoms. The molecule has 3 heteroatoms. The number of amides is 1. The maximum absolute atomic E-state index is 10.9. The minimum atomic E-state index is 0.00227. The van der Waals surface area contributed by atoms with Crippen LogP contribution in [0.25, 0.3) is 0 Å². The van der Waals surface area contributed by atoms with E-state index in [1.807, 2.05) is 6.92 Å². The fraction of sp³-hybridized carbons (Fsp3) is 0.375. The molecule has 0 fully saturated rings.